The molecule has 0 bridgehead atoms. The molecule has 2 aliphatic heterocycles. The molecule has 2 aromatic rings. The van der Waals surface area contributed by atoms with Crippen LogP contribution in [0.5, 0.6) is 0 Å². The van der Waals surface area contributed by atoms with Crippen LogP contribution >= 0.6 is 0 Å². The zero-order chi connectivity index (χ0) is 14.6. The number of pyridine rings is 1. The van der Waals surface area contributed by atoms with Crippen molar-refractivity contribution in [2.45, 2.75) is 0 Å². The molecular formula is C14H14N4O3. The second-order valence-corrected chi connectivity index (χ2v) is 5.59. The molecule has 2 saturated heterocycles. The summed E-state index contributed by atoms with van der Waals surface area (Å²) < 4.78 is 6.80. The van der Waals surface area contributed by atoms with E-state index < -0.39 is 0 Å². The first-order chi connectivity index (χ1) is 10.1. The Balaban J connectivity index is 1.67. The Morgan fingerprint density at radius 2 is 2.24 bits per heavy atom. The second-order valence-electron chi connectivity index (χ2n) is 5.59. The van der Waals surface area contributed by atoms with Crippen LogP contribution in [0.2, 0.25) is 0 Å². The van der Waals surface area contributed by atoms with Gasteiger partial charge in [-0.05, 0) is 6.07 Å². The summed E-state index contributed by atoms with van der Waals surface area (Å²) in [4.78, 5) is 34.5. The molecule has 4 rings (SSSR count). The molecule has 7 heteroatoms. The first kappa shape index (κ1) is 12.3. The maximum absolute atomic E-state index is 12.7. The quantitative estimate of drug-likeness (QED) is 0.701. The number of imidazole rings is 1. The summed E-state index contributed by atoms with van der Waals surface area (Å²) in [6.07, 6.45) is 3.26. The fourth-order valence-electron chi connectivity index (χ4n) is 3.14. The molecule has 21 heavy (non-hydrogen) atoms. The number of fused-ring (bicyclic) bond motifs is 2. The van der Waals surface area contributed by atoms with E-state index in [0.717, 1.165) is 0 Å². The lowest BCUT2D eigenvalue weighted by molar-refractivity contribution is -0.141. The summed E-state index contributed by atoms with van der Waals surface area (Å²) in [5, 5.41) is 0. The van der Waals surface area contributed by atoms with Crippen LogP contribution in [-0.4, -0.2) is 51.0 Å². The van der Waals surface area contributed by atoms with Gasteiger partial charge in [-0.1, -0.05) is 0 Å². The number of hydrogen-bond acceptors (Lipinski definition) is 5. The Morgan fingerprint density at radius 1 is 1.38 bits per heavy atom. The number of hydrogen-bond donors (Lipinski definition) is 0. The number of likely N-dealkylation sites (tertiary alicyclic amines) is 1. The fourth-order valence-corrected chi connectivity index (χ4v) is 3.14. The minimum absolute atomic E-state index is 0.0942. The molecule has 0 spiro atoms. The number of carbonyl (C=O) groups is 2. The third kappa shape index (κ3) is 1.73. The molecule has 2 fully saturated rings. The number of cyclic esters (lactones) is 1. The standard InChI is InChI=1S/C14H14N4O3/c1-17-7-16-11-9(2-3-15-12(11)17)13(19)18-4-8-6-21-14(20)10(8)5-18/h2-3,7-8,10H,4-6H2,1H3/t8-,10-/m1/s1. The van der Waals surface area contributed by atoms with Gasteiger partial charge in [0.2, 0.25) is 0 Å². The third-order valence-electron chi connectivity index (χ3n) is 4.30. The van der Waals surface area contributed by atoms with Crippen molar-refractivity contribution in [3.8, 4) is 0 Å². The molecule has 0 aliphatic carbocycles. The molecule has 0 N–H and O–H groups in total. The van der Waals surface area contributed by atoms with E-state index in [2.05, 4.69) is 9.97 Å². The Hall–Kier alpha value is -2.44. The number of aryl methyl sites for hydroxylation is 1. The first-order valence-electron chi connectivity index (χ1n) is 6.87. The molecule has 2 aromatic heterocycles. The summed E-state index contributed by atoms with van der Waals surface area (Å²) in [7, 11) is 1.84. The summed E-state index contributed by atoms with van der Waals surface area (Å²) in [6, 6.07) is 1.68. The topological polar surface area (TPSA) is 77.3 Å². The molecule has 7 nitrogen and oxygen atoms in total. The average Bonchev–Trinajstić information content (AvgIpc) is 3.16. The van der Waals surface area contributed by atoms with E-state index in [-0.39, 0.29) is 23.7 Å². The highest BCUT2D eigenvalue weighted by Gasteiger charge is 2.45. The number of nitrogens with zero attached hydrogens (tertiary/aromatic N) is 4. The third-order valence-corrected chi connectivity index (χ3v) is 4.30. The molecule has 0 saturated carbocycles. The lowest BCUT2D eigenvalue weighted by atomic mass is 10.0. The Bertz CT molecular complexity index is 754. The van der Waals surface area contributed by atoms with Crippen molar-refractivity contribution in [2.75, 3.05) is 19.7 Å². The van der Waals surface area contributed by atoms with Crippen LogP contribution < -0.4 is 0 Å². The van der Waals surface area contributed by atoms with Crippen LogP contribution in [0.3, 0.4) is 0 Å². The van der Waals surface area contributed by atoms with Gasteiger partial charge < -0.3 is 14.2 Å². The molecule has 0 unspecified atom stereocenters. The van der Waals surface area contributed by atoms with Crippen LogP contribution in [0.4, 0.5) is 0 Å². The SMILES string of the molecule is Cn1cnc2c(C(=O)N3C[C@@H]4COC(=O)[C@@H]4C3)ccnc21. The van der Waals surface area contributed by atoms with Gasteiger partial charge in [-0.2, -0.15) is 0 Å². The summed E-state index contributed by atoms with van der Waals surface area (Å²) in [5.41, 5.74) is 1.82. The van der Waals surface area contributed by atoms with Gasteiger partial charge in [0.25, 0.3) is 5.91 Å². The van der Waals surface area contributed by atoms with Crippen LogP contribution in [0, 0.1) is 11.8 Å². The smallest absolute Gasteiger partial charge is 0.311 e. The largest absolute Gasteiger partial charge is 0.465 e. The molecule has 1 amide bonds. The lowest BCUT2D eigenvalue weighted by Crippen LogP contribution is -2.31. The van der Waals surface area contributed by atoms with E-state index in [9.17, 15) is 9.59 Å². The van der Waals surface area contributed by atoms with Gasteiger partial charge in [0.15, 0.2) is 5.65 Å². The second kappa shape index (κ2) is 4.28. The van der Waals surface area contributed by atoms with Crippen LogP contribution in [0.15, 0.2) is 18.6 Å². The molecule has 2 atom stereocenters. The Kier molecular flexibility index (Phi) is 2.51. The maximum Gasteiger partial charge on any atom is 0.311 e. The predicted molar refractivity (Wildman–Crippen MR) is 72.4 cm³/mol. The van der Waals surface area contributed by atoms with E-state index in [4.69, 9.17) is 4.74 Å². The Morgan fingerprint density at radius 3 is 3.05 bits per heavy atom. The van der Waals surface area contributed by atoms with Crippen molar-refractivity contribution >= 4 is 23.0 Å². The number of rotatable bonds is 1. The van der Waals surface area contributed by atoms with Crippen molar-refractivity contribution in [3.05, 3.63) is 24.2 Å². The lowest BCUT2D eigenvalue weighted by Gasteiger charge is -2.17. The average molecular weight is 286 g/mol. The van der Waals surface area contributed by atoms with Crippen molar-refractivity contribution < 1.29 is 14.3 Å². The van der Waals surface area contributed by atoms with Gasteiger partial charge in [0.05, 0.1) is 24.4 Å². The van der Waals surface area contributed by atoms with Gasteiger partial charge in [0.1, 0.15) is 5.52 Å². The minimum atomic E-state index is -0.187. The van der Waals surface area contributed by atoms with Crippen LogP contribution in [-0.2, 0) is 16.6 Å². The van der Waals surface area contributed by atoms with E-state index in [1.54, 1.807) is 28.1 Å². The maximum atomic E-state index is 12.7. The summed E-state index contributed by atoms with van der Waals surface area (Å²) >= 11 is 0. The molecule has 0 radical (unpaired) electrons. The van der Waals surface area contributed by atoms with E-state index in [1.165, 1.54) is 0 Å². The number of esters is 1. The highest BCUT2D eigenvalue weighted by Crippen LogP contribution is 2.31. The van der Waals surface area contributed by atoms with E-state index in [1.807, 2.05) is 7.05 Å². The van der Waals surface area contributed by atoms with Gasteiger partial charge in [0, 0.05) is 32.3 Å². The number of carbonyl (C=O) groups excluding carboxylic acids is 2. The molecule has 4 heterocycles. The van der Waals surface area contributed by atoms with Crippen molar-refractivity contribution in [1.29, 1.82) is 0 Å². The predicted octanol–water partition coefficient (Wildman–Crippen LogP) is 0.213. The highest BCUT2D eigenvalue weighted by atomic mass is 16.5. The number of amides is 1. The van der Waals surface area contributed by atoms with E-state index in [0.29, 0.717) is 36.4 Å². The van der Waals surface area contributed by atoms with E-state index >= 15 is 0 Å². The molecule has 2 aliphatic rings. The minimum Gasteiger partial charge on any atom is -0.465 e. The van der Waals surface area contributed by atoms with Gasteiger partial charge >= 0.3 is 5.97 Å². The summed E-state index contributed by atoms with van der Waals surface area (Å²) in [6.45, 7) is 1.41. The fraction of sp³-hybridized carbons (Fsp3) is 0.429. The molecular weight excluding hydrogens is 272 g/mol. The van der Waals surface area contributed by atoms with Gasteiger partial charge in [-0.25, -0.2) is 9.97 Å². The number of aromatic nitrogens is 3. The summed E-state index contributed by atoms with van der Waals surface area (Å²) in [5.74, 6) is -0.325. The highest BCUT2D eigenvalue weighted by molar-refractivity contribution is 6.04. The zero-order valence-corrected chi connectivity index (χ0v) is 11.5. The van der Waals surface area contributed by atoms with Crippen LogP contribution in [0.1, 0.15) is 10.4 Å². The Labute approximate surface area is 120 Å². The molecule has 108 valence electrons. The van der Waals surface area contributed by atoms with Crippen molar-refractivity contribution in [1.82, 2.24) is 19.4 Å². The van der Waals surface area contributed by atoms with Gasteiger partial charge in [-0.15, -0.1) is 0 Å². The van der Waals surface area contributed by atoms with Gasteiger partial charge in [-0.3, -0.25) is 9.59 Å². The molecule has 0 aromatic carbocycles. The normalized spacial score (nSPS) is 24.4. The zero-order valence-electron chi connectivity index (χ0n) is 11.5. The van der Waals surface area contributed by atoms with Crippen molar-refractivity contribution in [2.24, 2.45) is 18.9 Å². The van der Waals surface area contributed by atoms with Crippen LogP contribution in [0.25, 0.3) is 11.2 Å². The monoisotopic (exact) mass is 286 g/mol. The first-order valence-corrected chi connectivity index (χ1v) is 6.87. The van der Waals surface area contributed by atoms with Crippen molar-refractivity contribution in [3.63, 3.8) is 0 Å². The number of ether oxygens (including phenoxy) is 1.